The zero-order valence-electron chi connectivity index (χ0n) is 22.2. The van der Waals surface area contributed by atoms with Crippen LogP contribution in [-0.2, 0) is 16.6 Å². The number of ether oxygens (including phenoxy) is 1. The third kappa shape index (κ3) is 5.50. The van der Waals surface area contributed by atoms with Crippen molar-refractivity contribution < 1.29 is 18.3 Å². The number of fused-ring (bicyclic) bond motifs is 1. The van der Waals surface area contributed by atoms with Gasteiger partial charge in [0.2, 0.25) is 10.0 Å². The molecule has 0 spiro atoms. The van der Waals surface area contributed by atoms with Crippen molar-refractivity contribution in [2.75, 3.05) is 44.7 Å². The lowest BCUT2D eigenvalue weighted by Gasteiger charge is -2.32. The van der Waals surface area contributed by atoms with Gasteiger partial charge in [-0.1, -0.05) is 11.6 Å². The molecular formula is C28H36ClN5O4S. The summed E-state index contributed by atoms with van der Waals surface area (Å²) in [5.74, 6) is 1.05. The summed E-state index contributed by atoms with van der Waals surface area (Å²) >= 11 is 6.37. The maximum Gasteiger partial charge on any atom is 0.216 e. The van der Waals surface area contributed by atoms with Gasteiger partial charge < -0.3 is 24.5 Å². The molecule has 2 saturated heterocycles. The molecule has 2 aliphatic heterocycles. The maximum atomic E-state index is 12.5. The van der Waals surface area contributed by atoms with Crippen LogP contribution in [-0.4, -0.2) is 78.3 Å². The van der Waals surface area contributed by atoms with Crippen LogP contribution in [0.5, 0.6) is 5.75 Å². The van der Waals surface area contributed by atoms with Crippen molar-refractivity contribution >= 4 is 33.0 Å². The van der Waals surface area contributed by atoms with Crippen LogP contribution >= 0.6 is 11.6 Å². The highest BCUT2D eigenvalue weighted by molar-refractivity contribution is 7.90. The lowest BCUT2D eigenvalue weighted by atomic mass is 9.98. The molecule has 1 saturated carbocycles. The van der Waals surface area contributed by atoms with Gasteiger partial charge in [0.15, 0.2) is 0 Å². The van der Waals surface area contributed by atoms with Gasteiger partial charge in [-0.3, -0.25) is 0 Å². The third-order valence-corrected chi connectivity index (χ3v) is 11.1. The number of benzene rings is 1. The minimum Gasteiger partial charge on any atom is -0.495 e. The number of imidazole rings is 1. The zero-order valence-corrected chi connectivity index (χ0v) is 23.8. The average Bonchev–Trinajstić information content (AvgIpc) is 3.57. The van der Waals surface area contributed by atoms with Gasteiger partial charge in [-0.2, -0.15) is 0 Å². The fraction of sp³-hybridized carbons (Fsp3) is 0.536. The molecule has 3 fully saturated rings. The second kappa shape index (κ2) is 10.9. The number of piperidine rings is 1. The molecule has 0 amide bonds. The molecule has 0 bridgehead atoms. The molecule has 3 aliphatic rings. The molecular weight excluding hydrogens is 538 g/mol. The van der Waals surface area contributed by atoms with Crippen LogP contribution in [0.4, 0.5) is 5.69 Å². The Morgan fingerprint density at radius 3 is 2.64 bits per heavy atom. The minimum absolute atomic E-state index is 0.108. The van der Waals surface area contributed by atoms with Crippen LogP contribution in [0.3, 0.4) is 0 Å². The highest BCUT2D eigenvalue weighted by atomic mass is 35.5. The van der Waals surface area contributed by atoms with Gasteiger partial charge in [0, 0.05) is 61.9 Å². The van der Waals surface area contributed by atoms with E-state index in [1.807, 2.05) is 16.8 Å². The highest BCUT2D eigenvalue weighted by Gasteiger charge is 2.41. The molecule has 2 N–H and O–H groups in total. The van der Waals surface area contributed by atoms with E-state index in [9.17, 15) is 13.5 Å². The Morgan fingerprint density at radius 1 is 1.13 bits per heavy atom. The average molecular weight is 574 g/mol. The van der Waals surface area contributed by atoms with Crippen molar-refractivity contribution in [2.45, 2.75) is 50.0 Å². The van der Waals surface area contributed by atoms with E-state index in [0.717, 1.165) is 74.3 Å². The number of anilines is 1. The summed E-state index contributed by atoms with van der Waals surface area (Å²) in [6.07, 6.45) is 8.58. The number of aliphatic hydroxyl groups is 1. The Kier molecular flexibility index (Phi) is 7.49. The molecule has 1 aromatic carbocycles. The molecule has 6 rings (SSSR count). The number of hydrogen-bond donors (Lipinski definition) is 2. The molecule has 1 atom stereocenters. The number of aliphatic hydroxyl groups excluding tert-OH is 1. The SMILES string of the molecule is COc1cc(CO)c(-c2cn3ccc(N4CC[C@H](NCC5CCN(S(=O)(=O)C6CC6)CC5)C4)cc3n2)cc1Cl. The normalized spacial score (nSPS) is 21.2. The fourth-order valence-corrected chi connectivity index (χ4v) is 7.97. The van der Waals surface area contributed by atoms with E-state index >= 15 is 0 Å². The van der Waals surface area contributed by atoms with Gasteiger partial charge >= 0.3 is 0 Å². The van der Waals surface area contributed by atoms with Crippen LogP contribution in [0.2, 0.25) is 5.02 Å². The Labute approximate surface area is 234 Å². The Morgan fingerprint density at radius 2 is 1.92 bits per heavy atom. The predicted molar refractivity (Wildman–Crippen MR) is 153 cm³/mol. The van der Waals surface area contributed by atoms with E-state index < -0.39 is 10.0 Å². The van der Waals surface area contributed by atoms with Crippen molar-refractivity contribution in [3.05, 3.63) is 47.2 Å². The second-order valence-corrected chi connectivity index (χ2v) is 13.6. The summed E-state index contributed by atoms with van der Waals surface area (Å²) < 4.78 is 34.0. The molecule has 210 valence electrons. The Bertz CT molecular complexity index is 1450. The Balaban J connectivity index is 1.06. The monoisotopic (exact) mass is 573 g/mol. The van der Waals surface area contributed by atoms with E-state index in [1.54, 1.807) is 23.5 Å². The smallest absolute Gasteiger partial charge is 0.216 e. The van der Waals surface area contributed by atoms with Gasteiger partial charge in [0.25, 0.3) is 0 Å². The van der Waals surface area contributed by atoms with Gasteiger partial charge in [0.1, 0.15) is 11.4 Å². The topological polar surface area (TPSA) is 99.4 Å². The van der Waals surface area contributed by atoms with Crippen molar-refractivity contribution in [1.82, 2.24) is 19.0 Å². The molecule has 2 aromatic heterocycles. The number of aromatic nitrogens is 2. The summed E-state index contributed by atoms with van der Waals surface area (Å²) in [5.41, 5.74) is 4.22. The predicted octanol–water partition coefficient (Wildman–Crippen LogP) is 3.53. The van der Waals surface area contributed by atoms with Crippen LogP contribution in [0.1, 0.15) is 37.7 Å². The lowest BCUT2D eigenvalue weighted by Crippen LogP contribution is -2.43. The first-order valence-corrected chi connectivity index (χ1v) is 15.7. The van der Waals surface area contributed by atoms with Gasteiger partial charge in [0.05, 0.1) is 29.7 Å². The molecule has 9 nitrogen and oxygen atoms in total. The first-order valence-electron chi connectivity index (χ1n) is 13.8. The van der Waals surface area contributed by atoms with E-state index in [1.165, 1.54) is 0 Å². The molecule has 11 heteroatoms. The number of halogens is 1. The van der Waals surface area contributed by atoms with Gasteiger partial charge in [-0.15, -0.1) is 0 Å². The molecule has 4 heterocycles. The fourth-order valence-electron chi connectivity index (χ4n) is 5.86. The summed E-state index contributed by atoms with van der Waals surface area (Å²) in [6, 6.07) is 8.18. The quantitative estimate of drug-likeness (QED) is 0.404. The summed E-state index contributed by atoms with van der Waals surface area (Å²) in [4.78, 5) is 7.23. The van der Waals surface area contributed by atoms with Gasteiger partial charge in [-0.05, 0) is 68.3 Å². The van der Waals surface area contributed by atoms with Crippen LogP contribution in [0.15, 0.2) is 36.7 Å². The van der Waals surface area contributed by atoms with E-state index in [-0.39, 0.29) is 11.9 Å². The molecule has 0 unspecified atom stereocenters. The van der Waals surface area contributed by atoms with Crippen molar-refractivity contribution in [3.8, 4) is 17.0 Å². The first-order chi connectivity index (χ1) is 18.9. The van der Waals surface area contributed by atoms with Crippen molar-refractivity contribution in [2.24, 2.45) is 5.92 Å². The van der Waals surface area contributed by atoms with Crippen LogP contribution in [0, 0.1) is 5.92 Å². The van der Waals surface area contributed by atoms with E-state index in [0.29, 0.717) is 41.4 Å². The third-order valence-electron chi connectivity index (χ3n) is 8.40. The number of pyridine rings is 1. The number of nitrogens with one attached hydrogen (secondary N) is 1. The number of hydrogen-bond acceptors (Lipinski definition) is 7. The van der Waals surface area contributed by atoms with E-state index in [4.69, 9.17) is 21.3 Å². The number of nitrogens with zero attached hydrogens (tertiary/aromatic N) is 4. The largest absolute Gasteiger partial charge is 0.495 e. The van der Waals surface area contributed by atoms with Crippen LogP contribution < -0.4 is 15.0 Å². The van der Waals surface area contributed by atoms with Crippen molar-refractivity contribution in [3.63, 3.8) is 0 Å². The van der Waals surface area contributed by atoms with Crippen LogP contribution in [0.25, 0.3) is 16.9 Å². The second-order valence-electron chi connectivity index (χ2n) is 11.0. The maximum absolute atomic E-state index is 12.5. The molecule has 3 aromatic rings. The van der Waals surface area contributed by atoms with E-state index in [2.05, 4.69) is 22.3 Å². The molecule has 0 radical (unpaired) electrons. The van der Waals surface area contributed by atoms with Gasteiger partial charge in [-0.25, -0.2) is 17.7 Å². The summed E-state index contributed by atoms with van der Waals surface area (Å²) in [5, 5.41) is 14.0. The summed E-state index contributed by atoms with van der Waals surface area (Å²) in [6.45, 7) is 4.04. The summed E-state index contributed by atoms with van der Waals surface area (Å²) in [7, 11) is -1.49. The highest BCUT2D eigenvalue weighted by Crippen LogP contribution is 2.35. The first kappa shape index (κ1) is 26.8. The Hall–Kier alpha value is -2.37. The van der Waals surface area contributed by atoms with Crippen molar-refractivity contribution in [1.29, 1.82) is 0 Å². The number of methoxy groups -OCH3 is 1. The molecule has 39 heavy (non-hydrogen) atoms. The lowest BCUT2D eigenvalue weighted by molar-refractivity contribution is 0.262. The minimum atomic E-state index is -3.04. The standard InChI is InChI=1S/C28H36ClN5O4S/c1-38-27-12-20(18-35)24(14-25(27)29)26-17-33-9-7-22(13-28(33)31-26)32-8-6-21(16-32)30-15-19-4-10-34(11-5-19)39(36,37)23-2-3-23/h7,9,12-14,17,19,21,23,30,35H,2-6,8,10-11,15-16,18H2,1H3/t21-/m0/s1. The number of rotatable bonds is 9. The number of sulfonamides is 1. The molecule has 1 aliphatic carbocycles. The zero-order chi connectivity index (χ0) is 27.1.